The van der Waals surface area contributed by atoms with Crippen molar-refractivity contribution >= 4 is 5.91 Å². The summed E-state index contributed by atoms with van der Waals surface area (Å²) in [7, 11) is 0. The number of fused-ring (bicyclic) bond motifs is 1. The Hall–Kier alpha value is -2.03. The summed E-state index contributed by atoms with van der Waals surface area (Å²) >= 11 is 0. The third-order valence-corrected chi connectivity index (χ3v) is 3.69. The van der Waals surface area contributed by atoms with Crippen LogP contribution in [0.3, 0.4) is 0 Å². The van der Waals surface area contributed by atoms with Gasteiger partial charge >= 0.3 is 0 Å². The molecule has 0 spiro atoms. The molecule has 3 heteroatoms. The number of benzene rings is 1. The molecule has 98 valence electrons. The summed E-state index contributed by atoms with van der Waals surface area (Å²) in [4.78, 5) is 12.2. The van der Waals surface area contributed by atoms with Crippen LogP contribution in [-0.2, 0) is 6.42 Å². The van der Waals surface area contributed by atoms with Crippen molar-refractivity contribution in [3.8, 4) is 0 Å². The smallest absolute Gasteiger partial charge is 0.251 e. The number of hydrogen-bond donors (Lipinski definition) is 1. The minimum atomic E-state index is -0.0148. The van der Waals surface area contributed by atoms with Gasteiger partial charge in [-0.05, 0) is 37.5 Å². The van der Waals surface area contributed by atoms with Crippen molar-refractivity contribution in [2.45, 2.75) is 32.2 Å². The van der Waals surface area contributed by atoms with Gasteiger partial charge in [-0.3, -0.25) is 4.79 Å². The Bertz CT molecular complexity index is 586. The van der Waals surface area contributed by atoms with E-state index in [0.29, 0.717) is 5.56 Å². The van der Waals surface area contributed by atoms with Crippen LogP contribution in [0.15, 0.2) is 41.0 Å². The van der Waals surface area contributed by atoms with Gasteiger partial charge < -0.3 is 9.73 Å². The van der Waals surface area contributed by atoms with Crippen molar-refractivity contribution in [3.05, 3.63) is 59.0 Å². The normalized spacial score (nSPS) is 17.8. The number of carbonyl (C=O) groups excluding carboxylic acids is 1. The van der Waals surface area contributed by atoms with E-state index in [0.717, 1.165) is 30.6 Å². The first-order valence-electron chi connectivity index (χ1n) is 6.68. The SMILES string of the molecule is Cc1coc2c1C(NC(=O)c1ccccc1)CCC2. The van der Waals surface area contributed by atoms with Crippen molar-refractivity contribution in [1.82, 2.24) is 5.32 Å². The number of amides is 1. The van der Waals surface area contributed by atoms with Crippen LogP contribution in [-0.4, -0.2) is 5.91 Å². The molecule has 0 saturated carbocycles. The van der Waals surface area contributed by atoms with E-state index in [1.807, 2.05) is 37.3 Å². The van der Waals surface area contributed by atoms with Gasteiger partial charge in [-0.15, -0.1) is 0 Å². The summed E-state index contributed by atoms with van der Waals surface area (Å²) in [6.07, 6.45) is 4.80. The summed E-state index contributed by atoms with van der Waals surface area (Å²) in [5.74, 6) is 1.01. The Morgan fingerprint density at radius 2 is 2.11 bits per heavy atom. The first-order chi connectivity index (χ1) is 9.25. The monoisotopic (exact) mass is 255 g/mol. The average molecular weight is 255 g/mol. The van der Waals surface area contributed by atoms with E-state index in [-0.39, 0.29) is 11.9 Å². The molecule has 3 rings (SSSR count). The van der Waals surface area contributed by atoms with Crippen molar-refractivity contribution in [2.24, 2.45) is 0 Å². The second-order valence-electron chi connectivity index (χ2n) is 5.04. The Kier molecular flexibility index (Phi) is 3.11. The summed E-state index contributed by atoms with van der Waals surface area (Å²) in [5, 5.41) is 3.12. The molecule has 1 atom stereocenters. The van der Waals surface area contributed by atoms with Gasteiger partial charge in [0.2, 0.25) is 0 Å². The lowest BCUT2D eigenvalue weighted by molar-refractivity contribution is 0.0932. The van der Waals surface area contributed by atoms with Gasteiger partial charge in [-0.25, -0.2) is 0 Å². The number of rotatable bonds is 2. The quantitative estimate of drug-likeness (QED) is 0.893. The lowest BCUT2D eigenvalue weighted by Crippen LogP contribution is -2.30. The third-order valence-electron chi connectivity index (χ3n) is 3.69. The topological polar surface area (TPSA) is 42.2 Å². The van der Waals surface area contributed by atoms with Crippen LogP contribution < -0.4 is 5.32 Å². The zero-order valence-corrected chi connectivity index (χ0v) is 11.0. The van der Waals surface area contributed by atoms with Crippen LogP contribution in [0.5, 0.6) is 0 Å². The number of furan rings is 1. The predicted molar refractivity (Wildman–Crippen MR) is 73.0 cm³/mol. The average Bonchev–Trinajstić information content (AvgIpc) is 2.83. The first kappa shape index (κ1) is 12.0. The van der Waals surface area contributed by atoms with Gasteiger partial charge in [-0.1, -0.05) is 18.2 Å². The second kappa shape index (κ2) is 4.92. The summed E-state index contributed by atoms with van der Waals surface area (Å²) in [6.45, 7) is 2.04. The maximum absolute atomic E-state index is 12.2. The van der Waals surface area contributed by atoms with Gasteiger partial charge in [0.25, 0.3) is 5.91 Å². The number of aryl methyl sites for hydroxylation is 2. The molecule has 0 fully saturated rings. The molecule has 2 aromatic rings. The molecule has 1 unspecified atom stereocenters. The molecule has 19 heavy (non-hydrogen) atoms. The maximum Gasteiger partial charge on any atom is 0.251 e. The minimum Gasteiger partial charge on any atom is -0.469 e. The van der Waals surface area contributed by atoms with Crippen LogP contribution in [0.2, 0.25) is 0 Å². The molecule has 1 aromatic heterocycles. The Balaban J connectivity index is 1.82. The number of carbonyl (C=O) groups is 1. The van der Waals surface area contributed by atoms with Gasteiger partial charge in [0.05, 0.1) is 12.3 Å². The van der Waals surface area contributed by atoms with Crippen molar-refractivity contribution in [1.29, 1.82) is 0 Å². The molecule has 0 aliphatic heterocycles. The van der Waals surface area contributed by atoms with Gasteiger partial charge in [0, 0.05) is 17.5 Å². The maximum atomic E-state index is 12.2. The lowest BCUT2D eigenvalue weighted by Gasteiger charge is -2.23. The van der Waals surface area contributed by atoms with Crippen LogP contribution in [0.1, 0.15) is 46.1 Å². The molecule has 1 N–H and O–H groups in total. The van der Waals surface area contributed by atoms with Gasteiger partial charge in [0.1, 0.15) is 5.76 Å². The molecule has 1 aliphatic rings. The molecule has 1 heterocycles. The molecule has 0 radical (unpaired) electrons. The molecular weight excluding hydrogens is 238 g/mol. The zero-order chi connectivity index (χ0) is 13.2. The fraction of sp³-hybridized carbons (Fsp3) is 0.312. The van der Waals surface area contributed by atoms with Crippen LogP contribution in [0.25, 0.3) is 0 Å². The molecule has 1 aromatic carbocycles. The number of hydrogen-bond acceptors (Lipinski definition) is 2. The van der Waals surface area contributed by atoms with Crippen molar-refractivity contribution < 1.29 is 9.21 Å². The van der Waals surface area contributed by atoms with Crippen LogP contribution in [0, 0.1) is 6.92 Å². The zero-order valence-electron chi connectivity index (χ0n) is 11.0. The third kappa shape index (κ3) is 2.28. The van der Waals surface area contributed by atoms with Gasteiger partial charge in [-0.2, -0.15) is 0 Å². The molecule has 0 bridgehead atoms. The van der Waals surface area contributed by atoms with E-state index in [1.54, 1.807) is 6.26 Å². The minimum absolute atomic E-state index is 0.0148. The fourth-order valence-corrected chi connectivity index (χ4v) is 2.76. The van der Waals surface area contributed by atoms with E-state index in [1.165, 1.54) is 5.56 Å². The van der Waals surface area contributed by atoms with E-state index >= 15 is 0 Å². The summed E-state index contributed by atoms with van der Waals surface area (Å²) in [5.41, 5.74) is 3.01. The Morgan fingerprint density at radius 1 is 1.32 bits per heavy atom. The first-order valence-corrected chi connectivity index (χ1v) is 6.68. The lowest BCUT2D eigenvalue weighted by atomic mass is 9.90. The highest BCUT2D eigenvalue weighted by Gasteiger charge is 2.26. The van der Waals surface area contributed by atoms with E-state index in [4.69, 9.17) is 4.42 Å². The summed E-state index contributed by atoms with van der Waals surface area (Å²) < 4.78 is 5.55. The summed E-state index contributed by atoms with van der Waals surface area (Å²) in [6, 6.07) is 9.42. The predicted octanol–water partition coefficient (Wildman–Crippen LogP) is 3.40. The van der Waals surface area contributed by atoms with E-state index < -0.39 is 0 Å². The number of nitrogens with one attached hydrogen (secondary N) is 1. The van der Waals surface area contributed by atoms with E-state index in [9.17, 15) is 4.79 Å². The van der Waals surface area contributed by atoms with Crippen molar-refractivity contribution in [3.63, 3.8) is 0 Å². The molecule has 3 nitrogen and oxygen atoms in total. The highest BCUT2D eigenvalue weighted by atomic mass is 16.3. The standard InChI is InChI=1S/C16H17NO2/c1-11-10-19-14-9-5-8-13(15(11)14)17-16(18)12-6-3-2-4-7-12/h2-4,6-7,10,13H,5,8-9H2,1H3,(H,17,18). The van der Waals surface area contributed by atoms with E-state index in [2.05, 4.69) is 5.32 Å². The molecule has 1 aliphatic carbocycles. The Labute approximate surface area is 112 Å². The molecule has 1 amide bonds. The van der Waals surface area contributed by atoms with Crippen molar-refractivity contribution in [2.75, 3.05) is 0 Å². The van der Waals surface area contributed by atoms with Crippen LogP contribution in [0.4, 0.5) is 0 Å². The largest absolute Gasteiger partial charge is 0.469 e. The second-order valence-corrected chi connectivity index (χ2v) is 5.04. The highest BCUT2D eigenvalue weighted by Crippen LogP contribution is 2.33. The molecular formula is C16H17NO2. The Morgan fingerprint density at radius 3 is 2.89 bits per heavy atom. The fourth-order valence-electron chi connectivity index (χ4n) is 2.76. The van der Waals surface area contributed by atoms with Gasteiger partial charge in [0.15, 0.2) is 0 Å². The highest BCUT2D eigenvalue weighted by molar-refractivity contribution is 5.94. The van der Waals surface area contributed by atoms with Crippen LogP contribution >= 0.6 is 0 Å². The molecule has 0 saturated heterocycles.